The molecule has 1 amide bonds. The summed E-state index contributed by atoms with van der Waals surface area (Å²) in [5, 5.41) is 9.03. The fourth-order valence-electron chi connectivity index (χ4n) is 2.75. The maximum atomic E-state index is 12.5. The number of hydrogen-bond donors (Lipinski definition) is 1. The average molecular weight is 290 g/mol. The SMILES string of the molecule is Cc1cc(C)cc(C(=O)N2CCN(C(C)C(=O)O)CC2)c1. The summed E-state index contributed by atoms with van der Waals surface area (Å²) >= 11 is 0. The van der Waals surface area contributed by atoms with Gasteiger partial charge in [0.05, 0.1) is 0 Å². The molecule has 1 aliphatic rings. The first-order chi connectivity index (χ1) is 9.88. The second kappa shape index (κ2) is 6.26. The van der Waals surface area contributed by atoms with Crippen LogP contribution in [0.4, 0.5) is 0 Å². The number of benzene rings is 1. The second-order valence-corrected chi connectivity index (χ2v) is 5.72. The highest BCUT2D eigenvalue weighted by Gasteiger charge is 2.27. The standard InChI is InChI=1S/C16H22N2O3/c1-11-8-12(2)10-14(9-11)15(19)18-6-4-17(5-7-18)13(3)16(20)21/h8-10,13H,4-7H2,1-3H3,(H,20,21). The van der Waals surface area contributed by atoms with Gasteiger partial charge in [0.2, 0.25) is 0 Å². The summed E-state index contributed by atoms with van der Waals surface area (Å²) in [6.45, 7) is 8.00. The molecule has 2 rings (SSSR count). The molecular weight excluding hydrogens is 268 g/mol. The number of amides is 1. The summed E-state index contributed by atoms with van der Waals surface area (Å²) < 4.78 is 0. The van der Waals surface area contributed by atoms with Crippen molar-refractivity contribution in [2.75, 3.05) is 26.2 Å². The Hall–Kier alpha value is -1.88. The summed E-state index contributed by atoms with van der Waals surface area (Å²) in [6.07, 6.45) is 0. The Morgan fingerprint density at radius 2 is 1.57 bits per heavy atom. The van der Waals surface area contributed by atoms with E-state index in [0.717, 1.165) is 11.1 Å². The minimum absolute atomic E-state index is 0.0319. The number of aryl methyl sites for hydroxylation is 2. The number of hydrogen-bond acceptors (Lipinski definition) is 3. The normalized spacial score (nSPS) is 17.6. The van der Waals surface area contributed by atoms with Gasteiger partial charge in [-0.1, -0.05) is 17.2 Å². The zero-order chi connectivity index (χ0) is 15.6. The highest BCUT2D eigenvalue weighted by atomic mass is 16.4. The van der Waals surface area contributed by atoms with Crippen molar-refractivity contribution in [3.05, 3.63) is 34.9 Å². The first-order valence-corrected chi connectivity index (χ1v) is 7.23. The van der Waals surface area contributed by atoms with Gasteiger partial charge < -0.3 is 10.0 Å². The molecule has 21 heavy (non-hydrogen) atoms. The predicted molar refractivity (Wildman–Crippen MR) is 80.5 cm³/mol. The number of carbonyl (C=O) groups is 2. The highest BCUT2D eigenvalue weighted by molar-refractivity contribution is 5.94. The minimum atomic E-state index is -0.816. The van der Waals surface area contributed by atoms with Gasteiger partial charge >= 0.3 is 5.97 Å². The van der Waals surface area contributed by atoms with E-state index in [-0.39, 0.29) is 5.91 Å². The maximum Gasteiger partial charge on any atom is 0.320 e. The van der Waals surface area contributed by atoms with Crippen LogP contribution in [0.25, 0.3) is 0 Å². The van der Waals surface area contributed by atoms with Gasteiger partial charge in [-0.25, -0.2) is 0 Å². The molecule has 1 aliphatic heterocycles. The van der Waals surface area contributed by atoms with E-state index in [1.54, 1.807) is 11.8 Å². The predicted octanol–water partition coefficient (Wildman–Crippen LogP) is 1.53. The maximum absolute atomic E-state index is 12.5. The van der Waals surface area contributed by atoms with Crippen LogP contribution >= 0.6 is 0 Å². The van der Waals surface area contributed by atoms with Crippen LogP contribution in [-0.2, 0) is 4.79 Å². The second-order valence-electron chi connectivity index (χ2n) is 5.72. The van der Waals surface area contributed by atoms with Gasteiger partial charge in [-0.05, 0) is 32.9 Å². The molecule has 1 heterocycles. The fraction of sp³-hybridized carbons (Fsp3) is 0.500. The third-order valence-corrected chi connectivity index (χ3v) is 3.98. The van der Waals surface area contributed by atoms with Crippen LogP contribution in [-0.4, -0.2) is 59.0 Å². The van der Waals surface area contributed by atoms with Gasteiger partial charge in [0.15, 0.2) is 0 Å². The molecule has 0 radical (unpaired) electrons. The van der Waals surface area contributed by atoms with Crippen molar-refractivity contribution >= 4 is 11.9 Å². The molecule has 0 aliphatic carbocycles. The van der Waals surface area contributed by atoms with Gasteiger partial charge in [-0.15, -0.1) is 0 Å². The molecular formula is C16H22N2O3. The molecule has 5 nitrogen and oxygen atoms in total. The van der Waals surface area contributed by atoms with Crippen molar-refractivity contribution in [1.82, 2.24) is 9.80 Å². The van der Waals surface area contributed by atoms with Gasteiger partial charge in [0.25, 0.3) is 5.91 Å². The zero-order valence-corrected chi connectivity index (χ0v) is 12.8. The van der Waals surface area contributed by atoms with Crippen molar-refractivity contribution in [1.29, 1.82) is 0 Å². The Morgan fingerprint density at radius 1 is 1.05 bits per heavy atom. The third kappa shape index (κ3) is 3.61. The van der Waals surface area contributed by atoms with Crippen molar-refractivity contribution in [3.8, 4) is 0 Å². The number of rotatable bonds is 3. The summed E-state index contributed by atoms with van der Waals surface area (Å²) in [6, 6.07) is 5.36. The molecule has 1 saturated heterocycles. The van der Waals surface area contributed by atoms with E-state index >= 15 is 0 Å². The monoisotopic (exact) mass is 290 g/mol. The lowest BCUT2D eigenvalue weighted by Gasteiger charge is -2.36. The summed E-state index contributed by atoms with van der Waals surface area (Å²) in [5.41, 5.74) is 2.88. The first-order valence-electron chi connectivity index (χ1n) is 7.23. The van der Waals surface area contributed by atoms with Crippen molar-refractivity contribution < 1.29 is 14.7 Å². The van der Waals surface area contributed by atoms with Gasteiger partial charge in [-0.2, -0.15) is 0 Å². The third-order valence-electron chi connectivity index (χ3n) is 3.98. The quantitative estimate of drug-likeness (QED) is 0.917. The van der Waals surface area contributed by atoms with Crippen molar-refractivity contribution in [3.63, 3.8) is 0 Å². The molecule has 114 valence electrons. The highest BCUT2D eigenvalue weighted by Crippen LogP contribution is 2.14. The van der Waals surface area contributed by atoms with E-state index in [2.05, 4.69) is 0 Å². The van der Waals surface area contributed by atoms with Gasteiger partial charge in [0, 0.05) is 31.7 Å². The molecule has 0 spiro atoms. The minimum Gasteiger partial charge on any atom is -0.480 e. The Labute approximate surface area is 125 Å². The number of piperazine rings is 1. The number of nitrogens with zero attached hydrogens (tertiary/aromatic N) is 2. The van der Waals surface area contributed by atoms with Gasteiger partial charge in [0.1, 0.15) is 6.04 Å². The van der Waals surface area contributed by atoms with E-state index in [9.17, 15) is 9.59 Å². The molecule has 1 N–H and O–H groups in total. The Balaban J connectivity index is 2.01. The first kappa shape index (κ1) is 15.5. The Bertz CT molecular complexity index is 528. The lowest BCUT2D eigenvalue weighted by Crippen LogP contribution is -2.53. The number of carboxylic acids is 1. The van der Waals surface area contributed by atoms with E-state index in [1.807, 2.05) is 36.9 Å². The Kier molecular flexibility index (Phi) is 4.63. The van der Waals surface area contributed by atoms with Crippen LogP contribution in [0.1, 0.15) is 28.4 Å². The van der Waals surface area contributed by atoms with Crippen LogP contribution in [0.15, 0.2) is 18.2 Å². The van der Waals surface area contributed by atoms with Crippen LogP contribution in [0.2, 0.25) is 0 Å². The molecule has 1 unspecified atom stereocenters. The molecule has 0 bridgehead atoms. The van der Waals surface area contributed by atoms with Crippen LogP contribution < -0.4 is 0 Å². The fourth-order valence-corrected chi connectivity index (χ4v) is 2.75. The number of carbonyl (C=O) groups excluding carboxylic acids is 1. The summed E-state index contributed by atoms with van der Waals surface area (Å²) in [7, 11) is 0. The van der Waals surface area contributed by atoms with Gasteiger partial charge in [-0.3, -0.25) is 14.5 Å². The largest absolute Gasteiger partial charge is 0.480 e. The number of carboxylic acid groups (broad SMARTS) is 1. The molecule has 0 saturated carbocycles. The van der Waals surface area contributed by atoms with E-state index < -0.39 is 12.0 Å². The van der Waals surface area contributed by atoms with Crippen LogP contribution in [0.5, 0.6) is 0 Å². The lowest BCUT2D eigenvalue weighted by molar-refractivity contribution is -0.143. The van der Waals surface area contributed by atoms with Crippen molar-refractivity contribution in [2.24, 2.45) is 0 Å². The van der Waals surface area contributed by atoms with Crippen LogP contribution in [0.3, 0.4) is 0 Å². The molecule has 5 heteroatoms. The molecule has 0 aromatic heterocycles. The summed E-state index contributed by atoms with van der Waals surface area (Å²) in [5.74, 6) is -0.784. The molecule has 1 aromatic rings. The Morgan fingerprint density at radius 3 is 2.05 bits per heavy atom. The van der Waals surface area contributed by atoms with E-state index in [1.165, 1.54) is 0 Å². The molecule has 1 fully saturated rings. The molecule has 1 atom stereocenters. The lowest BCUT2D eigenvalue weighted by atomic mass is 10.1. The smallest absolute Gasteiger partial charge is 0.320 e. The topological polar surface area (TPSA) is 60.9 Å². The molecule has 1 aromatic carbocycles. The van der Waals surface area contributed by atoms with Crippen molar-refractivity contribution in [2.45, 2.75) is 26.8 Å². The van der Waals surface area contributed by atoms with Crippen LogP contribution in [0, 0.1) is 13.8 Å². The zero-order valence-electron chi connectivity index (χ0n) is 12.8. The average Bonchev–Trinajstić information content (AvgIpc) is 2.44. The van der Waals surface area contributed by atoms with E-state index in [0.29, 0.717) is 31.7 Å². The summed E-state index contributed by atoms with van der Waals surface area (Å²) in [4.78, 5) is 27.2. The van der Waals surface area contributed by atoms with E-state index in [4.69, 9.17) is 5.11 Å². The number of aliphatic carboxylic acids is 1.